The molecule has 24 heavy (non-hydrogen) atoms. The Morgan fingerprint density at radius 3 is 2.62 bits per heavy atom. The number of halogens is 4. The molecule has 0 atom stereocenters. The fourth-order valence-corrected chi connectivity index (χ4v) is 2.31. The number of hydrogen-bond acceptors (Lipinski definition) is 3. The molecule has 6 nitrogen and oxygen atoms in total. The average Bonchev–Trinajstić information content (AvgIpc) is 2.98. The van der Waals surface area contributed by atoms with Crippen molar-refractivity contribution in [3.8, 4) is 0 Å². The third-order valence-corrected chi connectivity index (χ3v) is 3.63. The first-order valence-electron chi connectivity index (χ1n) is 7.24. The second-order valence-corrected chi connectivity index (χ2v) is 5.76. The van der Waals surface area contributed by atoms with E-state index in [2.05, 4.69) is 15.5 Å². The predicted octanol–water partition coefficient (Wildman–Crippen LogP) is 2.58. The van der Waals surface area contributed by atoms with Crippen LogP contribution in [0.15, 0.2) is 12.3 Å². The fourth-order valence-electron chi connectivity index (χ4n) is 2.16. The number of alkyl halides is 3. The molecule has 1 N–H and O–H groups in total. The summed E-state index contributed by atoms with van der Waals surface area (Å²) in [6.45, 7) is 3.61. The minimum atomic E-state index is -4.54. The lowest BCUT2D eigenvalue weighted by Crippen LogP contribution is -2.31. The summed E-state index contributed by atoms with van der Waals surface area (Å²) in [5, 5.41) is 11.0. The van der Waals surface area contributed by atoms with Crippen LogP contribution in [-0.2, 0) is 24.1 Å². The van der Waals surface area contributed by atoms with Gasteiger partial charge in [-0.25, -0.2) is 0 Å². The molecule has 2 aromatic rings. The summed E-state index contributed by atoms with van der Waals surface area (Å²) in [6, 6.07) is 0.914. The highest BCUT2D eigenvalue weighted by Crippen LogP contribution is 2.29. The van der Waals surface area contributed by atoms with Crippen LogP contribution in [0.2, 0.25) is 5.02 Å². The van der Waals surface area contributed by atoms with Crippen LogP contribution in [0.25, 0.3) is 0 Å². The van der Waals surface area contributed by atoms with Gasteiger partial charge in [0.1, 0.15) is 12.2 Å². The van der Waals surface area contributed by atoms with Crippen molar-refractivity contribution in [2.45, 2.75) is 39.5 Å². The molecule has 0 spiro atoms. The molecule has 0 fully saturated rings. The molecule has 132 valence electrons. The molecule has 2 aromatic heterocycles. The van der Waals surface area contributed by atoms with Crippen molar-refractivity contribution in [2.24, 2.45) is 0 Å². The van der Waals surface area contributed by atoms with E-state index >= 15 is 0 Å². The number of aromatic nitrogens is 4. The van der Waals surface area contributed by atoms with Crippen LogP contribution < -0.4 is 5.32 Å². The number of carbonyl (C=O) groups is 1. The minimum Gasteiger partial charge on any atom is -0.354 e. The van der Waals surface area contributed by atoms with Gasteiger partial charge >= 0.3 is 6.18 Å². The Bertz CT molecular complexity index is 703. The van der Waals surface area contributed by atoms with Crippen LogP contribution in [0.5, 0.6) is 0 Å². The Morgan fingerprint density at radius 2 is 2.04 bits per heavy atom. The molecule has 0 radical (unpaired) electrons. The Morgan fingerprint density at radius 1 is 1.33 bits per heavy atom. The normalized spacial score (nSPS) is 11.8. The van der Waals surface area contributed by atoms with Gasteiger partial charge < -0.3 is 5.32 Å². The highest BCUT2D eigenvalue weighted by molar-refractivity contribution is 6.31. The fraction of sp³-hybridized carbons (Fsp3) is 0.500. The lowest BCUT2D eigenvalue weighted by Gasteiger charge is -2.10. The zero-order chi connectivity index (χ0) is 17.9. The van der Waals surface area contributed by atoms with Crippen molar-refractivity contribution in [1.82, 2.24) is 24.9 Å². The van der Waals surface area contributed by atoms with Crippen LogP contribution in [-0.4, -0.2) is 32.0 Å². The van der Waals surface area contributed by atoms with Gasteiger partial charge in [0.25, 0.3) is 0 Å². The number of nitrogens with one attached hydrogen (secondary N) is 1. The first kappa shape index (κ1) is 18.3. The zero-order valence-corrected chi connectivity index (χ0v) is 13.9. The molecule has 0 unspecified atom stereocenters. The van der Waals surface area contributed by atoms with Crippen molar-refractivity contribution in [3.63, 3.8) is 0 Å². The van der Waals surface area contributed by atoms with E-state index in [0.29, 0.717) is 29.2 Å². The number of carbonyl (C=O) groups excluding carboxylic acids is 1. The quantitative estimate of drug-likeness (QED) is 0.802. The summed E-state index contributed by atoms with van der Waals surface area (Å²) in [6.07, 6.45) is -2.28. The van der Waals surface area contributed by atoms with Gasteiger partial charge in [-0.15, -0.1) is 0 Å². The van der Waals surface area contributed by atoms with Crippen LogP contribution in [0.3, 0.4) is 0 Å². The number of aryl methyl sites for hydroxylation is 3. The maximum atomic E-state index is 12.8. The van der Waals surface area contributed by atoms with Crippen molar-refractivity contribution in [3.05, 3.63) is 34.4 Å². The van der Waals surface area contributed by atoms with Gasteiger partial charge in [0.15, 0.2) is 0 Å². The SMILES string of the molecule is Cc1cc(C(F)(F)F)n(CC(=O)NCCCn2cc(Cl)c(C)n2)n1. The lowest BCUT2D eigenvalue weighted by molar-refractivity contribution is -0.144. The van der Waals surface area contributed by atoms with E-state index in [9.17, 15) is 18.0 Å². The van der Waals surface area contributed by atoms with E-state index in [1.54, 1.807) is 17.8 Å². The number of nitrogens with zero attached hydrogens (tertiary/aromatic N) is 4. The third kappa shape index (κ3) is 4.73. The molecule has 0 saturated carbocycles. The molecule has 10 heteroatoms. The first-order valence-corrected chi connectivity index (χ1v) is 7.62. The van der Waals surface area contributed by atoms with Gasteiger partial charge in [0, 0.05) is 19.3 Å². The molecule has 0 bridgehead atoms. The summed E-state index contributed by atoms with van der Waals surface area (Å²) in [5.41, 5.74) is -0.00713. The largest absolute Gasteiger partial charge is 0.433 e. The second kappa shape index (κ2) is 7.25. The molecule has 2 rings (SSSR count). The third-order valence-electron chi connectivity index (χ3n) is 3.26. The maximum absolute atomic E-state index is 12.8. The number of amides is 1. The Kier molecular flexibility index (Phi) is 5.53. The summed E-state index contributed by atoms with van der Waals surface area (Å²) in [4.78, 5) is 11.8. The van der Waals surface area contributed by atoms with Gasteiger partial charge in [-0.05, 0) is 26.3 Å². The van der Waals surface area contributed by atoms with Gasteiger partial charge in [-0.3, -0.25) is 14.2 Å². The van der Waals surface area contributed by atoms with Crippen molar-refractivity contribution < 1.29 is 18.0 Å². The van der Waals surface area contributed by atoms with Gasteiger partial charge in [-0.1, -0.05) is 11.6 Å². The van der Waals surface area contributed by atoms with Crippen LogP contribution in [0, 0.1) is 13.8 Å². The van der Waals surface area contributed by atoms with E-state index in [-0.39, 0.29) is 5.69 Å². The standard InChI is InChI=1S/C14H17ClF3N5O/c1-9-6-12(14(16,17)18)23(20-9)8-13(24)19-4-3-5-22-7-11(15)10(2)21-22/h6-7H,3-5,8H2,1-2H3,(H,19,24). The van der Waals surface area contributed by atoms with Crippen LogP contribution in [0.4, 0.5) is 13.2 Å². The van der Waals surface area contributed by atoms with Gasteiger partial charge in [0.05, 0.1) is 16.4 Å². The molecule has 0 aliphatic carbocycles. The van der Waals surface area contributed by atoms with E-state index in [1.165, 1.54) is 6.92 Å². The van der Waals surface area contributed by atoms with E-state index < -0.39 is 24.3 Å². The number of rotatable bonds is 6. The predicted molar refractivity (Wildman–Crippen MR) is 81.6 cm³/mol. The minimum absolute atomic E-state index is 0.209. The van der Waals surface area contributed by atoms with Gasteiger partial charge in [-0.2, -0.15) is 23.4 Å². The van der Waals surface area contributed by atoms with Crippen LogP contribution in [0.1, 0.15) is 23.5 Å². The Balaban J connectivity index is 1.81. The van der Waals surface area contributed by atoms with Crippen molar-refractivity contribution >= 4 is 17.5 Å². The lowest BCUT2D eigenvalue weighted by atomic mass is 10.3. The molecule has 0 saturated heterocycles. The van der Waals surface area contributed by atoms with Gasteiger partial charge in [0.2, 0.25) is 5.91 Å². The summed E-state index contributed by atoms with van der Waals surface area (Å²) in [7, 11) is 0. The average molecular weight is 364 g/mol. The number of hydrogen-bond donors (Lipinski definition) is 1. The van der Waals surface area contributed by atoms with Crippen LogP contribution >= 0.6 is 11.6 Å². The monoisotopic (exact) mass is 363 g/mol. The van der Waals surface area contributed by atoms with Crippen molar-refractivity contribution in [1.29, 1.82) is 0 Å². The summed E-state index contributed by atoms with van der Waals surface area (Å²) in [5.74, 6) is -0.529. The smallest absolute Gasteiger partial charge is 0.354 e. The molecular formula is C14H17ClF3N5O. The van der Waals surface area contributed by atoms with E-state index in [1.807, 2.05) is 0 Å². The molecule has 2 heterocycles. The molecule has 0 aromatic carbocycles. The molecular weight excluding hydrogens is 347 g/mol. The van der Waals surface area contributed by atoms with Crippen molar-refractivity contribution in [2.75, 3.05) is 6.54 Å². The summed E-state index contributed by atoms with van der Waals surface area (Å²) < 4.78 is 40.8. The topological polar surface area (TPSA) is 64.7 Å². The molecule has 0 aliphatic rings. The Labute approximate surface area is 141 Å². The summed E-state index contributed by atoms with van der Waals surface area (Å²) >= 11 is 5.88. The highest BCUT2D eigenvalue weighted by Gasteiger charge is 2.35. The highest BCUT2D eigenvalue weighted by atomic mass is 35.5. The zero-order valence-electron chi connectivity index (χ0n) is 13.2. The Hall–Kier alpha value is -2.03. The van der Waals surface area contributed by atoms with E-state index in [0.717, 1.165) is 11.8 Å². The molecule has 0 aliphatic heterocycles. The van der Waals surface area contributed by atoms with E-state index in [4.69, 9.17) is 11.6 Å². The second-order valence-electron chi connectivity index (χ2n) is 5.36. The maximum Gasteiger partial charge on any atom is 0.433 e. The molecule has 1 amide bonds. The first-order chi connectivity index (χ1) is 11.2.